The first-order valence-corrected chi connectivity index (χ1v) is 12.5. The fraction of sp³-hybridized carbons (Fsp3) is 0.481. The van der Waals surface area contributed by atoms with Crippen molar-refractivity contribution < 1.29 is 44.2 Å². The summed E-state index contributed by atoms with van der Waals surface area (Å²) in [6.07, 6.45) is -4.37. The summed E-state index contributed by atoms with van der Waals surface area (Å²) in [5, 5.41) is 41.4. The number of nitrogens with one attached hydrogen (secondary N) is 1. The van der Waals surface area contributed by atoms with Crippen LogP contribution >= 0.6 is 0 Å². The van der Waals surface area contributed by atoms with Gasteiger partial charge in [0.25, 0.3) is 0 Å². The highest BCUT2D eigenvalue weighted by Crippen LogP contribution is 2.39. The predicted molar refractivity (Wildman–Crippen MR) is 135 cm³/mol. The molecule has 2 aromatic rings. The topological polar surface area (TPSA) is 163 Å². The Morgan fingerprint density at radius 1 is 1.21 bits per heavy atom. The molecule has 0 spiro atoms. The van der Waals surface area contributed by atoms with Gasteiger partial charge in [-0.05, 0) is 24.5 Å². The minimum Gasteiger partial charge on any atom is -0.471 e. The van der Waals surface area contributed by atoms with Crippen LogP contribution in [0.15, 0.2) is 53.7 Å². The Hall–Kier alpha value is -3.06. The van der Waals surface area contributed by atoms with Crippen molar-refractivity contribution in [3.63, 3.8) is 0 Å². The van der Waals surface area contributed by atoms with Crippen LogP contribution < -0.4 is 0 Å². The molecule has 0 amide bonds. The Labute approximate surface area is 219 Å². The molecular weight excluding hydrogens is 496 g/mol. The van der Waals surface area contributed by atoms with Crippen LogP contribution in [0.25, 0.3) is 10.9 Å². The summed E-state index contributed by atoms with van der Waals surface area (Å²) in [6.45, 7) is 3.94. The summed E-state index contributed by atoms with van der Waals surface area (Å²) >= 11 is 0. The van der Waals surface area contributed by atoms with Crippen LogP contribution in [0.5, 0.6) is 0 Å². The van der Waals surface area contributed by atoms with Crippen LogP contribution in [0, 0.1) is 11.8 Å². The van der Waals surface area contributed by atoms with Crippen LogP contribution in [0.4, 0.5) is 0 Å². The molecule has 1 aromatic heterocycles. The zero-order chi connectivity index (χ0) is 27.0. The van der Waals surface area contributed by atoms with Gasteiger partial charge in [0, 0.05) is 29.3 Å². The fourth-order valence-electron chi connectivity index (χ4n) is 5.45. The maximum atomic E-state index is 12.7. The van der Waals surface area contributed by atoms with Crippen molar-refractivity contribution in [3.05, 3.63) is 60.0 Å². The molecule has 1 saturated heterocycles. The number of nitrogens with zero attached hydrogens (tertiary/aromatic N) is 1. The molecule has 5 rings (SSSR count). The largest absolute Gasteiger partial charge is 0.471 e. The van der Waals surface area contributed by atoms with Gasteiger partial charge in [-0.2, -0.15) is 0 Å². The van der Waals surface area contributed by atoms with Crippen molar-refractivity contribution in [1.29, 1.82) is 0 Å². The molecule has 4 heterocycles. The molecule has 1 fully saturated rings. The van der Waals surface area contributed by atoms with Crippen molar-refractivity contribution in [1.82, 2.24) is 4.98 Å². The standard InChI is InChI=1S/C27H32N2O9/c1-3-13-16(10-19-21-15(8-9-28-19)14-6-4-5-7-18(14)29-21)17(25(34)35-2)12-36-26(13)38-27-24(33)23(32)22(31)20(11-30)37-27/h3-7,12-13,16,20,22-24,26-27,29-33H,1,8-11H2,2H3/t13-,16-,20-,22-,23+,24-,26+,27+/m1/s1. The number of fused-ring (bicyclic) bond motifs is 3. The number of aromatic amines is 1. The molecule has 8 atom stereocenters. The molecule has 0 aliphatic carbocycles. The average molecular weight is 529 g/mol. The molecule has 11 heteroatoms. The molecule has 38 heavy (non-hydrogen) atoms. The lowest BCUT2D eigenvalue weighted by Gasteiger charge is -2.43. The maximum absolute atomic E-state index is 12.7. The van der Waals surface area contributed by atoms with E-state index in [9.17, 15) is 25.2 Å². The zero-order valence-electron chi connectivity index (χ0n) is 20.9. The Morgan fingerprint density at radius 3 is 2.74 bits per heavy atom. The minimum absolute atomic E-state index is 0.275. The number of aliphatic imine (C=N–C) groups is 1. The number of rotatable bonds is 7. The maximum Gasteiger partial charge on any atom is 0.337 e. The van der Waals surface area contributed by atoms with Crippen molar-refractivity contribution >= 4 is 22.6 Å². The third-order valence-electron chi connectivity index (χ3n) is 7.50. The number of H-pyrrole nitrogens is 1. The van der Waals surface area contributed by atoms with E-state index in [1.807, 2.05) is 18.2 Å². The number of aromatic nitrogens is 1. The lowest BCUT2D eigenvalue weighted by atomic mass is 9.79. The molecule has 3 aliphatic heterocycles. The quantitative estimate of drug-likeness (QED) is 0.255. The predicted octanol–water partition coefficient (Wildman–Crippen LogP) is 0.551. The highest BCUT2D eigenvalue weighted by atomic mass is 16.8. The lowest BCUT2D eigenvalue weighted by molar-refractivity contribution is -0.339. The normalized spacial score (nSPS) is 33.1. The third-order valence-corrected chi connectivity index (χ3v) is 7.50. The highest BCUT2D eigenvalue weighted by molar-refractivity contribution is 6.07. The second-order valence-electron chi connectivity index (χ2n) is 9.63. The van der Waals surface area contributed by atoms with Gasteiger partial charge < -0.3 is 44.4 Å². The number of aliphatic hydroxyl groups excluding tert-OH is 4. The molecule has 0 bridgehead atoms. The van der Waals surface area contributed by atoms with Gasteiger partial charge in [0.2, 0.25) is 6.29 Å². The van der Waals surface area contributed by atoms with Crippen LogP contribution in [-0.4, -0.2) is 94.3 Å². The first-order chi connectivity index (χ1) is 18.4. The summed E-state index contributed by atoms with van der Waals surface area (Å²) < 4.78 is 22.2. The minimum atomic E-state index is -1.61. The van der Waals surface area contributed by atoms with E-state index in [0.717, 1.165) is 28.7 Å². The number of methoxy groups -OCH3 is 1. The lowest BCUT2D eigenvalue weighted by Crippen LogP contribution is -2.60. The number of hydrogen-bond donors (Lipinski definition) is 5. The second-order valence-corrected chi connectivity index (χ2v) is 9.63. The van der Waals surface area contributed by atoms with Crippen molar-refractivity contribution in [3.8, 4) is 0 Å². The van der Waals surface area contributed by atoms with Crippen LogP contribution in [0.3, 0.4) is 0 Å². The number of esters is 1. The Morgan fingerprint density at radius 2 is 2.00 bits per heavy atom. The second kappa shape index (κ2) is 11.0. The van der Waals surface area contributed by atoms with E-state index < -0.39 is 61.4 Å². The van der Waals surface area contributed by atoms with Gasteiger partial charge in [0.1, 0.15) is 24.4 Å². The summed E-state index contributed by atoms with van der Waals surface area (Å²) in [5.41, 5.74) is 4.17. The van der Waals surface area contributed by atoms with Gasteiger partial charge in [-0.15, -0.1) is 6.58 Å². The summed E-state index contributed by atoms with van der Waals surface area (Å²) in [6, 6.07) is 8.04. The van der Waals surface area contributed by atoms with Crippen LogP contribution in [0.2, 0.25) is 0 Å². The van der Waals surface area contributed by atoms with E-state index >= 15 is 0 Å². The summed E-state index contributed by atoms with van der Waals surface area (Å²) in [4.78, 5) is 21.0. The zero-order valence-corrected chi connectivity index (χ0v) is 20.9. The van der Waals surface area contributed by atoms with E-state index in [-0.39, 0.29) is 5.57 Å². The van der Waals surface area contributed by atoms with Crippen LogP contribution in [-0.2, 0) is 30.2 Å². The first kappa shape index (κ1) is 26.5. The number of carbonyl (C=O) groups is 1. The van der Waals surface area contributed by atoms with E-state index in [1.54, 1.807) is 6.08 Å². The van der Waals surface area contributed by atoms with Crippen molar-refractivity contribution in [2.75, 3.05) is 20.3 Å². The molecule has 11 nitrogen and oxygen atoms in total. The molecule has 5 N–H and O–H groups in total. The van der Waals surface area contributed by atoms with Gasteiger partial charge in [-0.1, -0.05) is 24.3 Å². The van der Waals surface area contributed by atoms with Gasteiger partial charge in [0.15, 0.2) is 6.29 Å². The Bertz CT molecular complexity index is 1250. The number of ether oxygens (including phenoxy) is 4. The Balaban J connectivity index is 1.44. The van der Waals surface area contributed by atoms with E-state index in [2.05, 4.69) is 17.6 Å². The van der Waals surface area contributed by atoms with Crippen LogP contribution in [0.1, 0.15) is 17.7 Å². The van der Waals surface area contributed by atoms with Crippen molar-refractivity contribution in [2.24, 2.45) is 16.8 Å². The fourth-order valence-corrected chi connectivity index (χ4v) is 5.45. The molecule has 204 valence electrons. The monoisotopic (exact) mass is 528 g/mol. The molecule has 3 aliphatic rings. The first-order valence-electron chi connectivity index (χ1n) is 12.5. The number of aliphatic hydroxyl groups is 4. The molecular formula is C27H32N2O9. The van der Waals surface area contributed by atoms with E-state index in [1.165, 1.54) is 18.9 Å². The van der Waals surface area contributed by atoms with E-state index in [4.69, 9.17) is 23.9 Å². The third kappa shape index (κ3) is 4.66. The molecule has 1 aromatic carbocycles. The smallest absolute Gasteiger partial charge is 0.337 e. The highest BCUT2D eigenvalue weighted by Gasteiger charge is 2.47. The Kier molecular flexibility index (Phi) is 7.66. The average Bonchev–Trinajstić information content (AvgIpc) is 3.33. The van der Waals surface area contributed by atoms with Crippen molar-refractivity contribution in [2.45, 2.75) is 49.8 Å². The number of benzene rings is 1. The molecule has 0 saturated carbocycles. The number of carbonyl (C=O) groups excluding carboxylic acids is 1. The number of hydrogen-bond acceptors (Lipinski definition) is 10. The molecule has 0 radical (unpaired) electrons. The summed E-state index contributed by atoms with van der Waals surface area (Å²) in [7, 11) is 1.29. The van der Waals surface area contributed by atoms with E-state index in [0.29, 0.717) is 13.0 Å². The van der Waals surface area contributed by atoms with Gasteiger partial charge >= 0.3 is 5.97 Å². The SMILES string of the molecule is C=C[C@H]1[C@H](O[C@@H]2O[C@H](CO)[C@@H](O)[C@H](O)[C@H]2O)OC=C(C(=O)OC)[C@@H]1CC1=NCCc2c1[nH]c1ccccc21. The van der Waals surface area contributed by atoms with Gasteiger partial charge in [-0.25, -0.2) is 4.79 Å². The molecule has 0 unspecified atom stereocenters. The number of para-hydroxylation sites is 1. The van der Waals surface area contributed by atoms with Gasteiger partial charge in [0.05, 0.1) is 37.0 Å². The summed E-state index contributed by atoms with van der Waals surface area (Å²) in [5.74, 6) is -1.69. The van der Waals surface area contributed by atoms with Gasteiger partial charge in [-0.3, -0.25) is 4.99 Å².